The predicted molar refractivity (Wildman–Crippen MR) is 118 cm³/mol. The maximum Gasteiger partial charge on any atom is 0.325 e. The number of furan rings is 1. The molecular weight excluding hydrogens is 448 g/mol. The smallest absolute Gasteiger partial charge is 0.325 e. The second kappa shape index (κ2) is 8.99. The van der Waals surface area contributed by atoms with Crippen LogP contribution in [0.15, 0.2) is 52.0 Å². The Morgan fingerprint density at radius 2 is 1.97 bits per heavy atom. The average molecular weight is 475 g/mol. The summed E-state index contributed by atoms with van der Waals surface area (Å²) in [6.07, 6.45) is 4.73. The first-order valence-electron chi connectivity index (χ1n) is 10.8. The molecule has 2 heterocycles. The van der Waals surface area contributed by atoms with Crippen molar-refractivity contribution in [2.45, 2.75) is 49.6 Å². The van der Waals surface area contributed by atoms with Crippen LogP contribution in [0.2, 0.25) is 0 Å². The van der Waals surface area contributed by atoms with E-state index < -0.39 is 34.0 Å². The van der Waals surface area contributed by atoms with Gasteiger partial charge in [-0.2, -0.15) is 0 Å². The highest BCUT2D eigenvalue weighted by molar-refractivity contribution is 7.89. The Hall–Kier alpha value is -3.18. The molecule has 1 spiro atoms. The van der Waals surface area contributed by atoms with E-state index in [1.807, 2.05) is 6.92 Å². The number of anilines is 1. The van der Waals surface area contributed by atoms with E-state index in [0.717, 1.165) is 24.2 Å². The van der Waals surface area contributed by atoms with E-state index in [4.69, 9.17) is 4.42 Å². The lowest BCUT2D eigenvalue weighted by Crippen LogP contribution is -2.54. The first-order valence-corrected chi connectivity index (χ1v) is 12.3. The molecule has 10 nitrogen and oxygen atoms in total. The molecule has 11 heteroatoms. The molecular formula is C22H26N4O6S. The van der Waals surface area contributed by atoms with Crippen molar-refractivity contribution in [1.82, 2.24) is 14.9 Å². The van der Waals surface area contributed by atoms with E-state index in [1.165, 1.54) is 30.5 Å². The third-order valence-electron chi connectivity index (χ3n) is 6.27. The van der Waals surface area contributed by atoms with Crippen molar-refractivity contribution in [2.75, 3.05) is 11.9 Å². The van der Waals surface area contributed by atoms with Crippen LogP contribution in [0.25, 0.3) is 0 Å². The number of hydrogen-bond donors (Lipinski definition) is 3. The Balaban J connectivity index is 1.36. The maximum atomic E-state index is 13.0. The van der Waals surface area contributed by atoms with Gasteiger partial charge in [0.15, 0.2) is 0 Å². The van der Waals surface area contributed by atoms with E-state index in [1.54, 1.807) is 12.1 Å². The summed E-state index contributed by atoms with van der Waals surface area (Å²) in [4.78, 5) is 38.9. The first-order chi connectivity index (χ1) is 15.7. The molecule has 1 saturated carbocycles. The van der Waals surface area contributed by atoms with Gasteiger partial charge >= 0.3 is 6.03 Å². The Labute approximate surface area is 191 Å². The fourth-order valence-corrected chi connectivity index (χ4v) is 5.36. The number of carbonyl (C=O) groups is 3. The van der Waals surface area contributed by atoms with Gasteiger partial charge < -0.3 is 15.1 Å². The standard InChI is InChI=1S/C22H26N4O6S/c1-15-5-2-3-11-22(15)20(28)26(21(29)25-22)14-19(27)24-16-7-9-18(10-8-16)33(30,31)23-13-17-6-4-12-32-17/h4,6-10,12,15,23H,2-3,5,11,13-14H2,1H3,(H,24,27)(H,25,29)/t15-,22+/m1/s1. The highest BCUT2D eigenvalue weighted by Crippen LogP contribution is 2.38. The highest BCUT2D eigenvalue weighted by Gasteiger charge is 2.55. The molecule has 1 saturated heterocycles. The van der Waals surface area contributed by atoms with Crippen LogP contribution >= 0.6 is 0 Å². The summed E-state index contributed by atoms with van der Waals surface area (Å²) < 4.78 is 32.4. The zero-order valence-corrected chi connectivity index (χ0v) is 19.0. The Morgan fingerprint density at radius 1 is 1.21 bits per heavy atom. The van der Waals surface area contributed by atoms with Crippen molar-refractivity contribution in [3.8, 4) is 0 Å². The number of nitrogens with one attached hydrogen (secondary N) is 3. The number of rotatable bonds is 7. The average Bonchev–Trinajstić information content (AvgIpc) is 3.38. The third kappa shape index (κ3) is 4.64. The summed E-state index contributed by atoms with van der Waals surface area (Å²) in [5, 5.41) is 5.41. The normalized spacial score (nSPS) is 23.1. The van der Waals surface area contributed by atoms with Gasteiger partial charge in [-0.25, -0.2) is 17.9 Å². The van der Waals surface area contributed by atoms with Crippen molar-refractivity contribution in [3.05, 3.63) is 48.4 Å². The fourth-order valence-electron chi connectivity index (χ4n) is 4.36. The van der Waals surface area contributed by atoms with Crippen LogP contribution in [0.4, 0.5) is 10.5 Å². The van der Waals surface area contributed by atoms with E-state index in [2.05, 4.69) is 15.4 Å². The molecule has 1 aromatic carbocycles. The molecule has 1 aliphatic carbocycles. The van der Waals surface area contributed by atoms with Crippen molar-refractivity contribution in [1.29, 1.82) is 0 Å². The number of imide groups is 1. The Morgan fingerprint density at radius 3 is 2.64 bits per heavy atom. The number of amides is 4. The lowest BCUT2D eigenvalue weighted by atomic mass is 9.73. The van der Waals surface area contributed by atoms with Crippen LogP contribution in [0, 0.1) is 5.92 Å². The highest BCUT2D eigenvalue weighted by atomic mass is 32.2. The Kier molecular flexibility index (Phi) is 6.26. The molecule has 0 bridgehead atoms. The van der Waals surface area contributed by atoms with E-state index in [0.29, 0.717) is 17.9 Å². The summed E-state index contributed by atoms with van der Waals surface area (Å²) in [6, 6.07) is 8.34. The van der Waals surface area contributed by atoms with Gasteiger partial charge in [0.25, 0.3) is 5.91 Å². The second-order valence-electron chi connectivity index (χ2n) is 8.42. The van der Waals surface area contributed by atoms with Crippen LogP contribution in [0.5, 0.6) is 0 Å². The minimum atomic E-state index is -3.76. The largest absolute Gasteiger partial charge is 0.468 e. The van der Waals surface area contributed by atoms with Crippen LogP contribution in [0.3, 0.4) is 0 Å². The Bertz CT molecular complexity index is 1150. The third-order valence-corrected chi connectivity index (χ3v) is 7.69. The molecule has 33 heavy (non-hydrogen) atoms. The maximum absolute atomic E-state index is 13.0. The molecule has 4 rings (SSSR count). The van der Waals surface area contributed by atoms with Gasteiger partial charge in [0.1, 0.15) is 17.8 Å². The molecule has 4 amide bonds. The van der Waals surface area contributed by atoms with Crippen LogP contribution < -0.4 is 15.4 Å². The van der Waals surface area contributed by atoms with Gasteiger partial charge in [-0.05, 0) is 55.2 Å². The molecule has 0 unspecified atom stereocenters. The van der Waals surface area contributed by atoms with Gasteiger partial charge in [-0.3, -0.25) is 14.5 Å². The van der Waals surface area contributed by atoms with E-state index in [-0.39, 0.29) is 23.3 Å². The van der Waals surface area contributed by atoms with Crippen LogP contribution in [-0.4, -0.2) is 43.2 Å². The van der Waals surface area contributed by atoms with Gasteiger partial charge in [0.05, 0.1) is 17.7 Å². The molecule has 3 N–H and O–H groups in total. The predicted octanol–water partition coefficient (Wildman–Crippen LogP) is 2.20. The molecule has 2 aliphatic rings. The minimum Gasteiger partial charge on any atom is -0.468 e. The SMILES string of the molecule is C[C@@H]1CCCC[C@]12NC(=O)N(CC(=O)Nc1ccc(S(=O)(=O)NCc3ccco3)cc1)C2=O. The topological polar surface area (TPSA) is 138 Å². The van der Waals surface area contributed by atoms with Gasteiger partial charge in [0, 0.05) is 5.69 Å². The molecule has 2 aromatic rings. The summed E-state index contributed by atoms with van der Waals surface area (Å²) in [6.45, 7) is 1.55. The molecule has 1 aromatic heterocycles. The lowest BCUT2D eigenvalue weighted by Gasteiger charge is -2.36. The van der Waals surface area contributed by atoms with Gasteiger partial charge in [0.2, 0.25) is 15.9 Å². The molecule has 0 radical (unpaired) electrons. The number of urea groups is 1. The number of hydrogen-bond acceptors (Lipinski definition) is 6. The van der Waals surface area contributed by atoms with Crippen molar-refractivity contribution >= 4 is 33.6 Å². The summed E-state index contributed by atoms with van der Waals surface area (Å²) in [5.41, 5.74) is -0.577. The summed E-state index contributed by atoms with van der Waals surface area (Å²) >= 11 is 0. The number of carbonyl (C=O) groups excluding carboxylic acids is 3. The monoisotopic (exact) mass is 474 g/mol. The van der Waals surface area contributed by atoms with E-state index >= 15 is 0 Å². The zero-order valence-electron chi connectivity index (χ0n) is 18.2. The van der Waals surface area contributed by atoms with Crippen LogP contribution in [0.1, 0.15) is 38.4 Å². The second-order valence-corrected chi connectivity index (χ2v) is 10.2. The van der Waals surface area contributed by atoms with Crippen molar-refractivity contribution < 1.29 is 27.2 Å². The van der Waals surface area contributed by atoms with Crippen LogP contribution in [-0.2, 0) is 26.2 Å². The number of nitrogens with zero attached hydrogens (tertiary/aromatic N) is 1. The molecule has 176 valence electrons. The fraction of sp³-hybridized carbons (Fsp3) is 0.409. The summed E-state index contributed by atoms with van der Waals surface area (Å²) in [7, 11) is -3.76. The van der Waals surface area contributed by atoms with Gasteiger partial charge in [-0.1, -0.05) is 19.8 Å². The van der Waals surface area contributed by atoms with Crippen molar-refractivity contribution in [3.63, 3.8) is 0 Å². The first kappa shape index (κ1) is 23.0. The number of benzene rings is 1. The number of sulfonamides is 1. The molecule has 2 atom stereocenters. The summed E-state index contributed by atoms with van der Waals surface area (Å²) in [5.74, 6) is -0.427. The lowest BCUT2D eigenvalue weighted by molar-refractivity contribution is -0.136. The minimum absolute atomic E-state index is 0.00616. The quantitative estimate of drug-likeness (QED) is 0.526. The molecule has 1 aliphatic heterocycles. The molecule has 2 fully saturated rings. The zero-order chi connectivity index (χ0) is 23.6. The van der Waals surface area contributed by atoms with Crippen molar-refractivity contribution in [2.24, 2.45) is 5.92 Å². The van der Waals surface area contributed by atoms with E-state index in [9.17, 15) is 22.8 Å². The van der Waals surface area contributed by atoms with Gasteiger partial charge in [-0.15, -0.1) is 0 Å².